The van der Waals surface area contributed by atoms with Gasteiger partial charge in [0.2, 0.25) is 5.91 Å². The van der Waals surface area contributed by atoms with E-state index in [0.29, 0.717) is 55.9 Å². The maximum atomic E-state index is 12.4. The summed E-state index contributed by atoms with van der Waals surface area (Å²) in [4.78, 5) is 27.4. The SMILES string of the molecule is CC1CCCC(NC(=O)CN2CCN(c3cc(CO)ccc3[N+](=O)[O-])CC2)C1. The molecule has 0 bridgehead atoms. The molecule has 2 unspecified atom stereocenters. The van der Waals surface area contributed by atoms with Crippen LogP contribution in [0.15, 0.2) is 18.2 Å². The molecule has 1 saturated carbocycles. The standard InChI is InChI=1S/C20H30N4O4/c1-15-3-2-4-17(11-15)21-20(26)13-22-7-9-23(10-8-22)19-12-16(14-25)5-6-18(19)24(27)28/h5-6,12,15,17,25H,2-4,7-11,13-14H2,1H3,(H,21,26). The minimum absolute atomic E-state index is 0.0508. The van der Waals surface area contributed by atoms with E-state index in [9.17, 15) is 20.0 Å². The maximum Gasteiger partial charge on any atom is 0.292 e. The van der Waals surface area contributed by atoms with Crippen molar-refractivity contribution in [2.45, 2.75) is 45.3 Å². The molecule has 2 atom stereocenters. The summed E-state index contributed by atoms with van der Waals surface area (Å²) in [6.45, 7) is 5.04. The fourth-order valence-electron chi connectivity index (χ4n) is 4.26. The Balaban J connectivity index is 1.53. The third kappa shape index (κ3) is 5.20. The van der Waals surface area contributed by atoms with Gasteiger partial charge in [-0.1, -0.05) is 19.8 Å². The van der Waals surface area contributed by atoms with E-state index in [0.717, 1.165) is 12.8 Å². The van der Waals surface area contributed by atoms with Crippen LogP contribution in [0.1, 0.15) is 38.2 Å². The van der Waals surface area contributed by atoms with Crippen LogP contribution in [0.5, 0.6) is 0 Å². The molecule has 1 aliphatic carbocycles. The molecule has 2 aliphatic rings. The number of nitrogens with zero attached hydrogens (tertiary/aromatic N) is 3. The van der Waals surface area contributed by atoms with E-state index in [4.69, 9.17) is 0 Å². The Bertz CT molecular complexity index is 703. The molecule has 8 nitrogen and oxygen atoms in total. The van der Waals surface area contributed by atoms with E-state index in [2.05, 4.69) is 17.1 Å². The zero-order valence-corrected chi connectivity index (χ0v) is 16.5. The van der Waals surface area contributed by atoms with Gasteiger partial charge in [0.25, 0.3) is 5.69 Å². The van der Waals surface area contributed by atoms with Crippen LogP contribution < -0.4 is 10.2 Å². The highest BCUT2D eigenvalue weighted by Gasteiger charge is 2.26. The van der Waals surface area contributed by atoms with Crippen LogP contribution in [0.2, 0.25) is 0 Å². The average Bonchev–Trinajstić information content (AvgIpc) is 2.68. The number of amides is 1. The average molecular weight is 390 g/mol. The lowest BCUT2D eigenvalue weighted by molar-refractivity contribution is -0.384. The number of rotatable bonds is 6. The van der Waals surface area contributed by atoms with E-state index in [-0.39, 0.29) is 23.1 Å². The number of hydrogen-bond donors (Lipinski definition) is 2. The van der Waals surface area contributed by atoms with Gasteiger partial charge in [-0.25, -0.2) is 0 Å². The molecule has 1 heterocycles. The molecule has 1 saturated heterocycles. The third-order valence-electron chi connectivity index (χ3n) is 5.80. The second kappa shape index (κ2) is 9.34. The smallest absolute Gasteiger partial charge is 0.292 e. The second-order valence-electron chi connectivity index (χ2n) is 8.04. The number of nitrogens with one attached hydrogen (secondary N) is 1. The van der Waals surface area contributed by atoms with Crippen molar-refractivity contribution in [3.63, 3.8) is 0 Å². The van der Waals surface area contributed by atoms with Crippen LogP contribution in [0, 0.1) is 16.0 Å². The first kappa shape index (κ1) is 20.5. The summed E-state index contributed by atoms with van der Waals surface area (Å²) >= 11 is 0. The van der Waals surface area contributed by atoms with Gasteiger partial charge in [-0.3, -0.25) is 19.8 Å². The van der Waals surface area contributed by atoms with Crippen molar-refractivity contribution in [1.29, 1.82) is 0 Å². The molecular weight excluding hydrogens is 360 g/mol. The molecule has 0 radical (unpaired) electrons. The summed E-state index contributed by atoms with van der Waals surface area (Å²) in [6.07, 6.45) is 4.55. The first-order valence-electron chi connectivity index (χ1n) is 10.1. The summed E-state index contributed by atoms with van der Waals surface area (Å²) in [5.74, 6) is 0.744. The Kier molecular flexibility index (Phi) is 6.85. The van der Waals surface area contributed by atoms with Crippen molar-refractivity contribution in [3.05, 3.63) is 33.9 Å². The molecule has 8 heteroatoms. The lowest BCUT2D eigenvalue weighted by Crippen LogP contribution is -2.51. The molecule has 154 valence electrons. The highest BCUT2D eigenvalue weighted by Crippen LogP contribution is 2.30. The lowest BCUT2D eigenvalue weighted by atomic mass is 9.87. The number of aliphatic hydroxyl groups excluding tert-OH is 1. The van der Waals surface area contributed by atoms with Crippen molar-refractivity contribution in [3.8, 4) is 0 Å². The molecular formula is C20H30N4O4. The Morgan fingerprint density at radius 1 is 1.29 bits per heavy atom. The van der Waals surface area contributed by atoms with Gasteiger partial charge in [0.15, 0.2) is 0 Å². The fourth-order valence-corrected chi connectivity index (χ4v) is 4.26. The largest absolute Gasteiger partial charge is 0.392 e. The number of hydrogen-bond acceptors (Lipinski definition) is 6. The summed E-state index contributed by atoms with van der Waals surface area (Å²) < 4.78 is 0. The van der Waals surface area contributed by atoms with Gasteiger partial charge in [-0.15, -0.1) is 0 Å². The van der Waals surface area contributed by atoms with Gasteiger partial charge >= 0.3 is 0 Å². The van der Waals surface area contributed by atoms with Gasteiger partial charge in [0, 0.05) is 38.3 Å². The molecule has 2 N–H and O–H groups in total. The monoisotopic (exact) mass is 390 g/mol. The van der Waals surface area contributed by atoms with Gasteiger partial charge in [0.1, 0.15) is 5.69 Å². The Labute approximate surface area is 165 Å². The minimum Gasteiger partial charge on any atom is -0.392 e. The summed E-state index contributed by atoms with van der Waals surface area (Å²) in [6, 6.07) is 5.01. The van der Waals surface area contributed by atoms with Crippen LogP contribution >= 0.6 is 0 Å². The van der Waals surface area contributed by atoms with Gasteiger partial charge in [-0.2, -0.15) is 0 Å². The number of piperazine rings is 1. The van der Waals surface area contributed by atoms with Crippen LogP contribution in [-0.2, 0) is 11.4 Å². The van der Waals surface area contributed by atoms with Crippen LogP contribution in [0.25, 0.3) is 0 Å². The number of nitro benzene ring substituents is 1. The highest BCUT2D eigenvalue weighted by molar-refractivity contribution is 5.78. The van der Waals surface area contributed by atoms with Crippen molar-refractivity contribution < 1.29 is 14.8 Å². The summed E-state index contributed by atoms with van der Waals surface area (Å²) in [5, 5.41) is 23.8. The van der Waals surface area contributed by atoms with E-state index < -0.39 is 0 Å². The Morgan fingerprint density at radius 2 is 2.04 bits per heavy atom. The molecule has 1 aromatic rings. The number of carbonyl (C=O) groups is 1. The van der Waals surface area contributed by atoms with Gasteiger partial charge in [0.05, 0.1) is 18.1 Å². The summed E-state index contributed by atoms with van der Waals surface area (Å²) in [7, 11) is 0. The van der Waals surface area contributed by atoms with Crippen LogP contribution in [-0.4, -0.2) is 59.6 Å². The molecule has 0 spiro atoms. The van der Waals surface area contributed by atoms with E-state index in [1.807, 2.05) is 4.90 Å². The molecule has 1 amide bonds. The number of anilines is 1. The third-order valence-corrected chi connectivity index (χ3v) is 5.80. The molecule has 1 aliphatic heterocycles. The number of aliphatic hydroxyl groups is 1. The van der Waals surface area contributed by atoms with Crippen LogP contribution in [0.4, 0.5) is 11.4 Å². The van der Waals surface area contributed by atoms with Crippen LogP contribution in [0.3, 0.4) is 0 Å². The first-order chi connectivity index (χ1) is 13.5. The Hall–Kier alpha value is -2.19. The maximum absolute atomic E-state index is 12.4. The summed E-state index contributed by atoms with van der Waals surface area (Å²) in [5.41, 5.74) is 1.25. The first-order valence-corrected chi connectivity index (χ1v) is 10.1. The number of nitro groups is 1. The molecule has 28 heavy (non-hydrogen) atoms. The van der Waals surface area contributed by atoms with E-state index in [1.165, 1.54) is 18.9 Å². The van der Waals surface area contributed by atoms with E-state index >= 15 is 0 Å². The molecule has 2 fully saturated rings. The zero-order valence-electron chi connectivity index (χ0n) is 16.5. The van der Waals surface area contributed by atoms with Crippen molar-refractivity contribution >= 4 is 17.3 Å². The van der Waals surface area contributed by atoms with Crippen molar-refractivity contribution in [1.82, 2.24) is 10.2 Å². The number of benzene rings is 1. The second-order valence-corrected chi connectivity index (χ2v) is 8.04. The molecule has 0 aromatic heterocycles. The number of carbonyl (C=O) groups excluding carboxylic acids is 1. The quantitative estimate of drug-likeness (QED) is 0.569. The predicted octanol–water partition coefficient (Wildman–Crippen LogP) is 1.90. The topological polar surface area (TPSA) is 99.0 Å². The zero-order chi connectivity index (χ0) is 20.1. The van der Waals surface area contributed by atoms with Gasteiger partial charge < -0.3 is 15.3 Å². The van der Waals surface area contributed by atoms with E-state index in [1.54, 1.807) is 12.1 Å². The van der Waals surface area contributed by atoms with Crippen molar-refractivity contribution in [2.24, 2.45) is 5.92 Å². The fraction of sp³-hybridized carbons (Fsp3) is 0.650. The highest BCUT2D eigenvalue weighted by atomic mass is 16.6. The molecule has 3 rings (SSSR count). The molecule has 1 aromatic carbocycles. The predicted molar refractivity (Wildman–Crippen MR) is 107 cm³/mol. The van der Waals surface area contributed by atoms with Crippen molar-refractivity contribution in [2.75, 3.05) is 37.6 Å². The Morgan fingerprint density at radius 3 is 2.68 bits per heavy atom. The minimum atomic E-state index is -0.387. The lowest BCUT2D eigenvalue weighted by Gasteiger charge is -2.36. The normalized spacial score (nSPS) is 23.4. The van der Waals surface area contributed by atoms with Gasteiger partial charge in [-0.05, 0) is 36.5 Å².